The Hall–Kier alpha value is -2.70. The summed E-state index contributed by atoms with van der Waals surface area (Å²) in [5.41, 5.74) is 2.13. The predicted octanol–water partition coefficient (Wildman–Crippen LogP) is 4.47. The van der Waals surface area contributed by atoms with E-state index in [1.807, 2.05) is 85.8 Å². The van der Waals surface area contributed by atoms with Crippen molar-refractivity contribution in [2.75, 3.05) is 0 Å². The highest BCUT2D eigenvalue weighted by atomic mass is 32.2. The number of nitrogens with one attached hydrogen (secondary N) is 2. The summed E-state index contributed by atoms with van der Waals surface area (Å²) in [6, 6.07) is 24.9. The third-order valence-electron chi connectivity index (χ3n) is 3.75. The Labute approximate surface area is 167 Å². The van der Waals surface area contributed by atoms with Crippen LogP contribution in [-0.4, -0.2) is 9.32 Å². The van der Waals surface area contributed by atoms with Crippen LogP contribution < -0.4 is 14.8 Å². The maximum Gasteiger partial charge on any atom is 0.178 e. The fraction of sp³-hybridized carbons (Fsp3) is 0.0952. The summed E-state index contributed by atoms with van der Waals surface area (Å²) in [5, 5.41) is 3.41. The molecule has 0 radical (unpaired) electrons. The Bertz CT molecular complexity index is 928. The number of rotatable bonds is 6. The summed E-state index contributed by atoms with van der Waals surface area (Å²) in [7, 11) is -1.39. The minimum absolute atomic E-state index is 0.336. The zero-order valence-corrected chi connectivity index (χ0v) is 16.5. The first kappa shape index (κ1) is 19.1. The zero-order valence-electron chi connectivity index (χ0n) is 14.8. The highest BCUT2D eigenvalue weighted by Crippen LogP contribution is 2.21. The monoisotopic (exact) mass is 396 g/mol. The van der Waals surface area contributed by atoms with Crippen LogP contribution >= 0.6 is 12.2 Å². The fourth-order valence-electron chi connectivity index (χ4n) is 2.37. The standard InChI is InChI=1S/C21H20N2O2S2/c1-16-10-12-20(13-11-16)27(24)23-21(26)22-15-17-6-5-9-19(14-17)25-18-7-3-2-4-8-18/h2-14H,15H2,1H3,(H2,22,23,26). The molecule has 138 valence electrons. The number of hydrogen-bond donors (Lipinski definition) is 2. The summed E-state index contributed by atoms with van der Waals surface area (Å²) in [6.45, 7) is 2.49. The van der Waals surface area contributed by atoms with Crippen molar-refractivity contribution >= 4 is 28.3 Å². The van der Waals surface area contributed by atoms with Crippen molar-refractivity contribution < 1.29 is 8.95 Å². The van der Waals surface area contributed by atoms with E-state index < -0.39 is 11.0 Å². The number of hydrogen-bond acceptors (Lipinski definition) is 3. The van der Waals surface area contributed by atoms with Crippen molar-refractivity contribution in [3.05, 3.63) is 90.0 Å². The molecule has 0 spiro atoms. The number of thiocarbonyl (C=S) groups is 1. The molecule has 0 saturated heterocycles. The van der Waals surface area contributed by atoms with Crippen LogP contribution in [0.3, 0.4) is 0 Å². The molecule has 0 saturated carbocycles. The van der Waals surface area contributed by atoms with Crippen LogP contribution in [-0.2, 0) is 17.5 Å². The number of benzene rings is 3. The van der Waals surface area contributed by atoms with E-state index in [-0.39, 0.29) is 0 Å². The van der Waals surface area contributed by atoms with Crippen molar-refractivity contribution in [3.63, 3.8) is 0 Å². The van der Waals surface area contributed by atoms with E-state index in [1.165, 1.54) is 0 Å². The Balaban J connectivity index is 1.53. The lowest BCUT2D eigenvalue weighted by atomic mass is 10.2. The van der Waals surface area contributed by atoms with Gasteiger partial charge in [-0.05, 0) is 61.1 Å². The quantitative estimate of drug-likeness (QED) is 0.604. The average Bonchev–Trinajstić information content (AvgIpc) is 2.68. The third-order valence-corrected chi connectivity index (χ3v) is 5.22. The minimum atomic E-state index is -1.39. The normalized spacial score (nSPS) is 11.4. The topological polar surface area (TPSA) is 50.4 Å². The maximum absolute atomic E-state index is 12.3. The molecule has 0 fully saturated rings. The average molecular weight is 397 g/mol. The molecular weight excluding hydrogens is 376 g/mol. The molecule has 3 aromatic carbocycles. The van der Waals surface area contributed by atoms with Crippen LogP contribution in [0.1, 0.15) is 11.1 Å². The predicted molar refractivity (Wildman–Crippen MR) is 113 cm³/mol. The van der Waals surface area contributed by atoms with Gasteiger partial charge in [-0.2, -0.15) is 0 Å². The summed E-state index contributed by atoms with van der Waals surface area (Å²) in [4.78, 5) is 0.683. The smallest absolute Gasteiger partial charge is 0.178 e. The van der Waals surface area contributed by atoms with Crippen molar-refractivity contribution in [1.82, 2.24) is 10.0 Å². The number of ether oxygens (including phenoxy) is 1. The van der Waals surface area contributed by atoms with Gasteiger partial charge in [-0.3, -0.25) is 4.72 Å². The molecule has 0 amide bonds. The van der Waals surface area contributed by atoms with Gasteiger partial charge in [-0.25, -0.2) is 4.21 Å². The van der Waals surface area contributed by atoms with Gasteiger partial charge < -0.3 is 10.1 Å². The molecule has 0 aliphatic rings. The van der Waals surface area contributed by atoms with Gasteiger partial charge in [0.05, 0.1) is 4.90 Å². The van der Waals surface area contributed by atoms with Gasteiger partial charge in [0.2, 0.25) is 0 Å². The highest BCUT2D eigenvalue weighted by Gasteiger charge is 2.06. The van der Waals surface area contributed by atoms with Crippen molar-refractivity contribution in [3.8, 4) is 11.5 Å². The molecule has 27 heavy (non-hydrogen) atoms. The second kappa shape index (κ2) is 9.30. The van der Waals surface area contributed by atoms with Crippen molar-refractivity contribution in [1.29, 1.82) is 0 Å². The van der Waals surface area contributed by atoms with Crippen molar-refractivity contribution in [2.45, 2.75) is 18.4 Å². The van der Waals surface area contributed by atoms with Crippen LogP contribution in [0.15, 0.2) is 83.8 Å². The first-order valence-corrected chi connectivity index (χ1v) is 10.0. The lowest BCUT2D eigenvalue weighted by Gasteiger charge is -2.11. The molecule has 0 aromatic heterocycles. The van der Waals surface area contributed by atoms with Gasteiger partial charge in [-0.1, -0.05) is 48.0 Å². The van der Waals surface area contributed by atoms with E-state index in [4.69, 9.17) is 17.0 Å². The lowest BCUT2D eigenvalue weighted by molar-refractivity contribution is 0.482. The molecule has 6 heteroatoms. The summed E-state index contributed by atoms with van der Waals surface area (Å²) in [5.74, 6) is 1.54. The maximum atomic E-state index is 12.3. The van der Waals surface area contributed by atoms with E-state index >= 15 is 0 Å². The van der Waals surface area contributed by atoms with E-state index in [1.54, 1.807) is 0 Å². The van der Waals surface area contributed by atoms with Gasteiger partial charge in [0.15, 0.2) is 16.1 Å². The van der Waals surface area contributed by atoms with Crippen molar-refractivity contribution in [2.24, 2.45) is 0 Å². The summed E-state index contributed by atoms with van der Waals surface area (Å²) >= 11 is 5.25. The molecule has 1 unspecified atom stereocenters. The van der Waals surface area contributed by atoms with Gasteiger partial charge in [0.25, 0.3) is 0 Å². The van der Waals surface area contributed by atoms with E-state index in [9.17, 15) is 4.21 Å². The van der Waals surface area contributed by atoms with Crippen LogP contribution in [0.25, 0.3) is 0 Å². The first-order chi connectivity index (χ1) is 13.1. The minimum Gasteiger partial charge on any atom is -0.457 e. The molecule has 3 rings (SSSR count). The largest absolute Gasteiger partial charge is 0.457 e. The Morgan fingerprint density at radius 3 is 2.41 bits per heavy atom. The van der Waals surface area contributed by atoms with Gasteiger partial charge in [0, 0.05) is 6.54 Å². The Morgan fingerprint density at radius 2 is 1.67 bits per heavy atom. The van der Waals surface area contributed by atoms with Crippen LogP contribution in [0.2, 0.25) is 0 Å². The molecule has 1 atom stereocenters. The molecule has 4 nitrogen and oxygen atoms in total. The molecule has 0 aliphatic carbocycles. The third kappa shape index (κ3) is 5.91. The molecule has 2 N–H and O–H groups in total. The van der Waals surface area contributed by atoms with E-state index in [2.05, 4.69) is 10.0 Å². The van der Waals surface area contributed by atoms with Crippen LogP contribution in [0, 0.1) is 6.92 Å². The molecular formula is C21H20N2O2S2. The second-order valence-electron chi connectivity index (χ2n) is 5.93. The highest BCUT2D eigenvalue weighted by molar-refractivity contribution is 7.87. The van der Waals surface area contributed by atoms with Crippen LogP contribution in [0.5, 0.6) is 11.5 Å². The number of aryl methyl sites for hydroxylation is 1. The number of para-hydroxylation sites is 1. The van der Waals surface area contributed by atoms with E-state index in [0.717, 1.165) is 22.6 Å². The van der Waals surface area contributed by atoms with Gasteiger partial charge in [0.1, 0.15) is 11.5 Å². The van der Waals surface area contributed by atoms with E-state index in [0.29, 0.717) is 16.6 Å². The lowest BCUT2D eigenvalue weighted by Crippen LogP contribution is -2.35. The van der Waals surface area contributed by atoms with Gasteiger partial charge >= 0.3 is 0 Å². The fourth-order valence-corrected chi connectivity index (χ4v) is 3.41. The molecule has 3 aromatic rings. The first-order valence-electron chi connectivity index (χ1n) is 8.45. The Kier molecular flexibility index (Phi) is 6.57. The second-order valence-corrected chi connectivity index (χ2v) is 7.55. The summed E-state index contributed by atoms with van der Waals surface area (Å²) < 4.78 is 20.9. The van der Waals surface area contributed by atoms with Gasteiger partial charge in [-0.15, -0.1) is 0 Å². The molecule has 0 bridgehead atoms. The Morgan fingerprint density at radius 1 is 0.963 bits per heavy atom. The van der Waals surface area contributed by atoms with Crippen LogP contribution in [0.4, 0.5) is 0 Å². The molecule has 0 aliphatic heterocycles. The zero-order chi connectivity index (χ0) is 19.1. The molecule has 0 heterocycles. The SMILES string of the molecule is Cc1ccc(S(=O)NC(=S)NCc2cccc(Oc3ccccc3)c2)cc1. The summed E-state index contributed by atoms with van der Waals surface area (Å²) in [6.07, 6.45) is 0.